The summed E-state index contributed by atoms with van der Waals surface area (Å²) in [7, 11) is 0. The summed E-state index contributed by atoms with van der Waals surface area (Å²) < 4.78 is 20.5. The molecule has 0 saturated carbocycles. The molecule has 1 aromatic carbocycles. The normalized spacial score (nSPS) is 11.0. The van der Waals surface area contributed by atoms with Crippen LogP contribution in [0.2, 0.25) is 0 Å². The van der Waals surface area contributed by atoms with Gasteiger partial charge in [-0.05, 0) is 29.6 Å². The van der Waals surface area contributed by atoms with Crippen LogP contribution in [0.15, 0.2) is 63.9 Å². The summed E-state index contributed by atoms with van der Waals surface area (Å²) >= 11 is 3.02. The number of halogens is 1. The molecule has 0 unspecified atom stereocenters. The van der Waals surface area contributed by atoms with Crippen LogP contribution in [0.3, 0.4) is 0 Å². The molecular weight excluding hydrogens is 347 g/mol. The van der Waals surface area contributed by atoms with Crippen LogP contribution >= 0.6 is 23.1 Å². The Morgan fingerprint density at radius 1 is 1.25 bits per heavy atom. The van der Waals surface area contributed by atoms with Gasteiger partial charge in [0.15, 0.2) is 11.0 Å². The predicted octanol–water partition coefficient (Wildman–Crippen LogP) is 4.42. The molecule has 0 saturated heterocycles. The maximum atomic E-state index is 13.4. The van der Waals surface area contributed by atoms with Crippen LogP contribution in [0, 0.1) is 5.82 Å². The molecule has 0 fully saturated rings. The van der Waals surface area contributed by atoms with Crippen molar-refractivity contribution >= 4 is 23.1 Å². The van der Waals surface area contributed by atoms with E-state index in [1.54, 1.807) is 29.8 Å². The van der Waals surface area contributed by atoms with Crippen LogP contribution in [0.5, 0.6) is 0 Å². The molecule has 0 bridgehead atoms. The van der Waals surface area contributed by atoms with Gasteiger partial charge in [0.1, 0.15) is 5.82 Å². The number of hydrogen-bond donors (Lipinski definition) is 0. The Balaban J connectivity index is 1.50. The average Bonchev–Trinajstić information content (AvgIpc) is 3.33. The first kappa shape index (κ1) is 15.1. The number of nitrogens with zero attached hydrogens (tertiary/aromatic N) is 4. The predicted molar refractivity (Wildman–Crippen MR) is 90.7 cm³/mol. The van der Waals surface area contributed by atoms with E-state index in [1.165, 1.54) is 23.9 Å². The molecule has 0 spiro atoms. The highest BCUT2D eigenvalue weighted by molar-refractivity contribution is 7.98. The van der Waals surface area contributed by atoms with Crippen molar-refractivity contribution in [1.82, 2.24) is 19.7 Å². The van der Waals surface area contributed by atoms with Gasteiger partial charge < -0.3 is 4.52 Å². The number of hydrogen-bond acceptors (Lipinski definition) is 6. The first-order chi connectivity index (χ1) is 11.8. The molecule has 120 valence electrons. The Morgan fingerprint density at radius 2 is 2.21 bits per heavy atom. The molecule has 0 amide bonds. The first-order valence-electron chi connectivity index (χ1n) is 7.08. The van der Waals surface area contributed by atoms with Crippen molar-refractivity contribution in [1.29, 1.82) is 0 Å². The fourth-order valence-electron chi connectivity index (χ4n) is 2.16. The minimum absolute atomic E-state index is 0.282. The second-order valence-electron chi connectivity index (χ2n) is 4.84. The van der Waals surface area contributed by atoms with Gasteiger partial charge in [0, 0.05) is 12.4 Å². The lowest BCUT2D eigenvalue weighted by atomic mass is 10.3. The summed E-state index contributed by atoms with van der Waals surface area (Å²) in [6.07, 6.45) is 3.48. The first-order valence-corrected chi connectivity index (χ1v) is 8.95. The number of rotatable bonds is 5. The minimum atomic E-state index is -0.282. The van der Waals surface area contributed by atoms with Gasteiger partial charge in [0.05, 0.1) is 16.3 Å². The van der Waals surface area contributed by atoms with Gasteiger partial charge >= 0.3 is 0 Å². The lowest BCUT2D eigenvalue weighted by Gasteiger charge is -2.06. The smallest absolute Gasteiger partial charge is 0.268 e. The third-order valence-corrected chi connectivity index (χ3v) is 5.04. The zero-order chi connectivity index (χ0) is 16.4. The van der Waals surface area contributed by atoms with Crippen LogP contribution in [0.25, 0.3) is 16.5 Å². The summed E-state index contributed by atoms with van der Waals surface area (Å²) in [5.41, 5.74) is 0.724. The van der Waals surface area contributed by atoms with E-state index in [4.69, 9.17) is 4.52 Å². The molecule has 8 heteroatoms. The summed E-state index contributed by atoms with van der Waals surface area (Å²) in [5.74, 6) is 1.35. The van der Waals surface area contributed by atoms with Crippen molar-refractivity contribution in [3.63, 3.8) is 0 Å². The third-order valence-electron chi connectivity index (χ3n) is 3.22. The molecule has 0 radical (unpaired) electrons. The molecule has 0 aliphatic rings. The van der Waals surface area contributed by atoms with E-state index in [0.717, 1.165) is 15.7 Å². The summed E-state index contributed by atoms with van der Waals surface area (Å²) in [5, 5.41) is 6.69. The Labute approximate surface area is 145 Å². The molecule has 4 rings (SSSR count). The molecule has 3 aromatic heterocycles. The number of benzene rings is 1. The van der Waals surface area contributed by atoms with E-state index >= 15 is 0 Å². The molecule has 3 heterocycles. The van der Waals surface area contributed by atoms with Crippen LogP contribution in [0.4, 0.5) is 4.39 Å². The fraction of sp³-hybridized carbons (Fsp3) is 0.0625. The molecule has 0 atom stereocenters. The fourth-order valence-corrected chi connectivity index (χ4v) is 3.62. The largest absolute Gasteiger partial charge is 0.333 e. The van der Waals surface area contributed by atoms with Gasteiger partial charge in [0.2, 0.25) is 0 Å². The molecule has 0 aliphatic heterocycles. The van der Waals surface area contributed by atoms with Crippen LogP contribution in [-0.4, -0.2) is 19.7 Å². The number of aromatic nitrogens is 4. The van der Waals surface area contributed by atoms with Crippen LogP contribution < -0.4 is 0 Å². The number of thiophene rings is 1. The van der Waals surface area contributed by atoms with Crippen LogP contribution in [0.1, 0.15) is 5.82 Å². The van der Waals surface area contributed by atoms with Crippen molar-refractivity contribution in [3.8, 4) is 16.5 Å². The second-order valence-corrected chi connectivity index (χ2v) is 6.73. The zero-order valence-electron chi connectivity index (χ0n) is 12.3. The maximum Gasteiger partial charge on any atom is 0.268 e. The summed E-state index contributed by atoms with van der Waals surface area (Å²) in [4.78, 5) is 9.64. The van der Waals surface area contributed by atoms with Crippen LogP contribution in [-0.2, 0) is 5.75 Å². The lowest BCUT2D eigenvalue weighted by Crippen LogP contribution is -1.96. The Hall–Kier alpha value is -2.45. The van der Waals surface area contributed by atoms with Crippen molar-refractivity contribution in [2.75, 3.05) is 0 Å². The lowest BCUT2D eigenvalue weighted by molar-refractivity contribution is 0.426. The summed E-state index contributed by atoms with van der Waals surface area (Å²) in [6, 6.07) is 10.3. The monoisotopic (exact) mass is 358 g/mol. The van der Waals surface area contributed by atoms with Crippen molar-refractivity contribution in [3.05, 3.63) is 65.8 Å². The zero-order valence-corrected chi connectivity index (χ0v) is 13.9. The molecule has 5 nitrogen and oxygen atoms in total. The SMILES string of the molecule is Fc1cccc(-n2ccnc2SCc2noc(-c3cccs3)n2)c1. The Morgan fingerprint density at radius 3 is 3.04 bits per heavy atom. The van der Waals surface area contributed by atoms with Gasteiger partial charge in [-0.25, -0.2) is 9.37 Å². The minimum Gasteiger partial charge on any atom is -0.333 e. The standard InChI is InChI=1S/C16H11FN4OS2/c17-11-3-1-4-12(9-11)21-7-6-18-16(21)24-10-14-19-15(22-20-14)13-5-2-8-23-13/h1-9H,10H2. The van der Waals surface area contributed by atoms with Gasteiger partial charge in [0.25, 0.3) is 5.89 Å². The van der Waals surface area contributed by atoms with Gasteiger partial charge in [-0.2, -0.15) is 4.98 Å². The Bertz CT molecular complexity index is 949. The van der Waals surface area contributed by atoms with E-state index in [0.29, 0.717) is 17.5 Å². The van der Waals surface area contributed by atoms with Gasteiger partial charge in [-0.1, -0.05) is 29.1 Å². The van der Waals surface area contributed by atoms with Crippen molar-refractivity contribution < 1.29 is 8.91 Å². The van der Waals surface area contributed by atoms with E-state index in [9.17, 15) is 4.39 Å². The Kier molecular flexibility index (Phi) is 4.14. The van der Waals surface area contributed by atoms with Gasteiger partial charge in [-0.15, -0.1) is 11.3 Å². The number of imidazole rings is 1. The highest BCUT2D eigenvalue weighted by Crippen LogP contribution is 2.26. The summed E-state index contributed by atoms with van der Waals surface area (Å²) in [6.45, 7) is 0. The molecule has 4 aromatic rings. The number of thioether (sulfide) groups is 1. The maximum absolute atomic E-state index is 13.4. The third kappa shape index (κ3) is 3.10. The molecule has 0 aliphatic carbocycles. The van der Waals surface area contributed by atoms with E-state index in [1.807, 2.05) is 28.1 Å². The molecular formula is C16H11FN4OS2. The van der Waals surface area contributed by atoms with Gasteiger partial charge in [-0.3, -0.25) is 4.57 Å². The second kappa shape index (κ2) is 6.58. The van der Waals surface area contributed by atoms with E-state index < -0.39 is 0 Å². The quantitative estimate of drug-likeness (QED) is 0.495. The average molecular weight is 358 g/mol. The highest BCUT2D eigenvalue weighted by atomic mass is 32.2. The molecule has 24 heavy (non-hydrogen) atoms. The van der Waals surface area contributed by atoms with E-state index in [2.05, 4.69) is 15.1 Å². The van der Waals surface area contributed by atoms with Crippen molar-refractivity contribution in [2.24, 2.45) is 0 Å². The molecule has 0 N–H and O–H groups in total. The van der Waals surface area contributed by atoms with E-state index in [-0.39, 0.29) is 5.82 Å². The highest BCUT2D eigenvalue weighted by Gasteiger charge is 2.12. The van der Waals surface area contributed by atoms with Crippen molar-refractivity contribution in [2.45, 2.75) is 10.9 Å². The topological polar surface area (TPSA) is 56.7 Å².